The van der Waals surface area contributed by atoms with Crippen molar-refractivity contribution in [3.8, 4) is 5.75 Å². The van der Waals surface area contributed by atoms with E-state index in [1.807, 2.05) is 24.3 Å². The first kappa shape index (κ1) is 11.3. The molecule has 0 saturated carbocycles. The zero-order chi connectivity index (χ0) is 13.6. The lowest BCUT2D eigenvalue weighted by Crippen LogP contribution is -2.08. The van der Waals surface area contributed by atoms with Crippen LogP contribution in [0.4, 0.5) is 10.5 Å². The van der Waals surface area contributed by atoms with Crippen molar-refractivity contribution in [2.45, 2.75) is 6.92 Å². The van der Waals surface area contributed by atoms with Crippen LogP contribution in [0.5, 0.6) is 5.75 Å². The third kappa shape index (κ3) is 1.65. The molecule has 3 aromatic rings. The lowest BCUT2D eigenvalue weighted by Gasteiger charge is -2.08. The van der Waals surface area contributed by atoms with Crippen LogP contribution in [0.25, 0.3) is 21.9 Å². The number of ether oxygens (including phenoxy) is 1. The number of aromatic amines is 1. The van der Waals surface area contributed by atoms with E-state index >= 15 is 0 Å². The van der Waals surface area contributed by atoms with Crippen molar-refractivity contribution in [2.24, 2.45) is 0 Å². The molecule has 0 aliphatic heterocycles. The monoisotopic (exact) mass is 257 g/mol. The van der Waals surface area contributed by atoms with Gasteiger partial charge in [-0.15, -0.1) is 0 Å². The molecule has 0 radical (unpaired) electrons. The Bertz CT molecular complexity index is 808. The first-order valence-electron chi connectivity index (χ1n) is 5.65. The minimum atomic E-state index is -1.41. The van der Waals surface area contributed by atoms with Crippen LogP contribution < -0.4 is 10.5 Å². The summed E-state index contributed by atoms with van der Waals surface area (Å²) in [4.78, 5) is 18.1. The molecule has 0 amide bonds. The second-order valence-electron chi connectivity index (χ2n) is 4.20. The standard InChI is InChI=1S/C13H11N3O3/c1-6-11(19-13(17)18)10(14)9-7-4-2-3-5-8(7)16-12(9)15-6/h2-5H,1H3,(H,17,18)(H3,14,15,16). The van der Waals surface area contributed by atoms with Crippen molar-refractivity contribution >= 4 is 33.8 Å². The summed E-state index contributed by atoms with van der Waals surface area (Å²) in [6.07, 6.45) is -1.41. The molecule has 0 aliphatic rings. The number of hydrogen-bond donors (Lipinski definition) is 3. The van der Waals surface area contributed by atoms with Crippen molar-refractivity contribution in [3.05, 3.63) is 30.0 Å². The summed E-state index contributed by atoms with van der Waals surface area (Å²) in [6, 6.07) is 7.58. The van der Waals surface area contributed by atoms with Crippen LogP contribution in [0, 0.1) is 6.92 Å². The van der Waals surface area contributed by atoms with Gasteiger partial charge in [-0.2, -0.15) is 0 Å². The van der Waals surface area contributed by atoms with Crippen LogP contribution in [-0.2, 0) is 0 Å². The van der Waals surface area contributed by atoms with Crippen molar-refractivity contribution < 1.29 is 14.6 Å². The van der Waals surface area contributed by atoms with E-state index in [4.69, 9.17) is 15.6 Å². The summed E-state index contributed by atoms with van der Waals surface area (Å²) in [7, 11) is 0. The zero-order valence-corrected chi connectivity index (χ0v) is 10.1. The van der Waals surface area contributed by atoms with Crippen molar-refractivity contribution in [3.63, 3.8) is 0 Å². The SMILES string of the molecule is Cc1nc2[nH]c3ccccc3c2c(N)c1OC(=O)O. The summed E-state index contributed by atoms with van der Waals surface area (Å²) < 4.78 is 4.72. The number of anilines is 1. The summed E-state index contributed by atoms with van der Waals surface area (Å²) >= 11 is 0. The van der Waals surface area contributed by atoms with Gasteiger partial charge in [-0.05, 0) is 13.0 Å². The Labute approximate surface area is 107 Å². The summed E-state index contributed by atoms with van der Waals surface area (Å²) in [5.41, 5.74) is 8.25. The van der Waals surface area contributed by atoms with Gasteiger partial charge in [0.05, 0.1) is 16.8 Å². The van der Waals surface area contributed by atoms with Crippen LogP contribution in [0.2, 0.25) is 0 Å². The van der Waals surface area contributed by atoms with Gasteiger partial charge in [-0.3, -0.25) is 0 Å². The first-order chi connectivity index (χ1) is 9.08. The number of H-pyrrole nitrogens is 1. The molecular weight excluding hydrogens is 246 g/mol. The number of nitrogens with one attached hydrogen (secondary N) is 1. The number of aromatic nitrogens is 2. The molecule has 0 spiro atoms. The maximum Gasteiger partial charge on any atom is 0.511 e. The highest BCUT2D eigenvalue weighted by Gasteiger charge is 2.17. The number of aryl methyl sites for hydroxylation is 1. The molecule has 4 N–H and O–H groups in total. The van der Waals surface area contributed by atoms with Crippen molar-refractivity contribution in [1.29, 1.82) is 0 Å². The molecule has 96 valence electrons. The van der Waals surface area contributed by atoms with Gasteiger partial charge in [-0.25, -0.2) is 9.78 Å². The van der Waals surface area contributed by atoms with E-state index in [9.17, 15) is 4.79 Å². The van der Waals surface area contributed by atoms with Gasteiger partial charge in [0.15, 0.2) is 5.75 Å². The third-order valence-corrected chi connectivity index (χ3v) is 3.00. The van der Waals surface area contributed by atoms with Gasteiger partial charge >= 0.3 is 6.16 Å². The van der Waals surface area contributed by atoms with Crippen LogP contribution in [0.1, 0.15) is 5.69 Å². The molecule has 2 aromatic heterocycles. The Morgan fingerprint density at radius 2 is 2.16 bits per heavy atom. The number of carboxylic acid groups (broad SMARTS) is 1. The van der Waals surface area contributed by atoms with E-state index in [0.29, 0.717) is 16.7 Å². The van der Waals surface area contributed by atoms with Crippen LogP contribution in [0.15, 0.2) is 24.3 Å². The summed E-state index contributed by atoms with van der Waals surface area (Å²) in [5, 5.41) is 10.3. The van der Waals surface area contributed by atoms with Crippen LogP contribution >= 0.6 is 0 Å². The molecule has 3 rings (SSSR count). The molecule has 0 bridgehead atoms. The first-order valence-corrected chi connectivity index (χ1v) is 5.65. The highest BCUT2D eigenvalue weighted by Crippen LogP contribution is 2.36. The Kier molecular flexibility index (Phi) is 2.31. The zero-order valence-electron chi connectivity index (χ0n) is 10.1. The molecule has 0 unspecified atom stereocenters. The summed E-state index contributed by atoms with van der Waals surface area (Å²) in [5.74, 6) is 0.0877. The van der Waals surface area contributed by atoms with Gasteiger partial charge in [0.1, 0.15) is 5.65 Å². The topological polar surface area (TPSA) is 101 Å². The van der Waals surface area contributed by atoms with Crippen LogP contribution in [0.3, 0.4) is 0 Å². The predicted molar refractivity (Wildman–Crippen MR) is 71.4 cm³/mol. The molecule has 0 saturated heterocycles. The number of rotatable bonds is 1. The quantitative estimate of drug-likeness (QED) is 0.582. The molecule has 1 aromatic carbocycles. The average Bonchev–Trinajstić information content (AvgIpc) is 2.72. The molecule has 2 heterocycles. The molecule has 6 nitrogen and oxygen atoms in total. The van der Waals surface area contributed by atoms with Gasteiger partial charge < -0.3 is 20.6 Å². The number of fused-ring (bicyclic) bond motifs is 3. The van der Waals surface area contributed by atoms with E-state index in [-0.39, 0.29) is 11.4 Å². The number of nitrogens with two attached hydrogens (primary N) is 1. The Morgan fingerprint density at radius 1 is 1.42 bits per heavy atom. The summed E-state index contributed by atoms with van der Waals surface area (Å²) in [6.45, 7) is 1.65. The Balaban J connectivity index is 2.41. The number of carbonyl (C=O) groups is 1. The minimum absolute atomic E-state index is 0.0877. The van der Waals surface area contributed by atoms with Gasteiger partial charge in [0, 0.05) is 10.9 Å². The van der Waals surface area contributed by atoms with Crippen molar-refractivity contribution in [2.75, 3.05) is 5.73 Å². The number of para-hydroxylation sites is 1. The van der Waals surface area contributed by atoms with Gasteiger partial charge in [0.25, 0.3) is 0 Å². The number of benzene rings is 1. The fourth-order valence-electron chi connectivity index (χ4n) is 2.23. The molecule has 19 heavy (non-hydrogen) atoms. The third-order valence-electron chi connectivity index (χ3n) is 3.00. The number of nitrogen functional groups attached to an aromatic ring is 1. The van der Waals surface area contributed by atoms with Gasteiger partial charge in [0.2, 0.25) is 0 Å². The van der Waals surface area contributed by atoms with Crippen LogP contribution in [-0.4, -0.2) is 21.2 Å². The lowest BCUT2D eigenvalue weighted by atomic mass is 10.1. The van der Waals surface area contributed by atoms with Gasteiger partial charge in [-0.1, -0.05) is 18.2 Å². The molecule has 0 aliphatic carbocycles. The minimum Gasteiger partial charge on any atom is -0.449 e. The fraction of sp³-hybridized carbons (Fsp3) is 0.0769. The van der Waals surface area contributed by atoms with E-state index in [1.54, 1.807) is 6.92 Å². The van der Waals surface area contributed by atoms with E-state index in [1.165, 1.54) is 0 Å². The fourth-order valence-corrected chi connectivity index (χ4v) is 2.23. The van der Waals surface area contributed by atoms with Crippen molar-refractivity contribution in [1.82, 2.24) is 9.97 Å². The van der Waals surface area contributed by atoms with E-state index < -0.39 is 6.16 Å². The second kappa shape index (κ2) is 3.88. The highest BCUT2D eigenvalue weighted by molar-refractivity contribution is 6.13. The molecule has 0 atom stereocenters. The average molecular weight is 257 g/mol. The smallest absolute Gasteiger partial charge is 0.449 e. The molecule has 6 heteroatoms. The molecule has 0 fully saturated rings. The maximum atomic E-state index is 10.7. The molecular formula is C13H11N3O3. The maximum absolute atomic E-state index is 10.7. The van der Waals surface area contributed by atoms with E-state index in [0.717, 1.165) is 10.9 Å². The Morgan fingerprint density at radius 3 is 2.89 bits per heavy atom. The second-order valence-corrected chi connectivity index (χ2v) is 4.20. The number of hydrogen-bond acceptors (Lipinski definition) is 4. The number of nitrogens with zero attached hydrogens (tertiary/aromatic N) is 1. The largest absolute Gasteiger partial charge is 0.511 e. The normalized spacial score (nSPS) is 11.0. The lowest BCUT2D eigenvalue weighted by molar-refractivity contribution is 0.144. The number of pyridine rings is 1. The predicted octanol–water partition coefficient (Wildman–Crippen LogP) is 2.66. The Hall–Kier alpha value is -2.76. The van der Waals surface area contributed by atoms with E-state index in [2.05, 4.69) is 9.97 Å². The highest BCUT2D eigenvalue weighted by atomic mass is 16.7.